The van der Waals surface area contributed by atoms with Gasteiger partial charge in [-0.05, 0) is 18.2 Å². The Labute approximate surface area is 87.8 Å². The summed E-state index contributed by atoms with van der Waals surface area (Å²) in [6.07, 6.45) is 3.45. The van der Waals surface area contributed by atoms with Crippen molar-refractivity contribution in [2.45, 2.75) is 0 Å². The van der Waals surface area contributed by atoms with Gasteiger partial charge in [0.25, 0.3) is 0 Å². The van der Waals surface area contributed by atoms with Gasteiger partial charge in [0.15, 0.2) is 0 Å². The molecule has 0 saturated heterocycles. The first-order valence-electron chi connectivity index (χ1n) is 4.53. The van der Waals surface area contributed by atoms with Crippen molar-refractivity contribution in [2.75, 3.05) is 7.11 Å². The minimum absolute atomic E-state index is 0.737. The third kappa shape index (κ3) is 1.74. The van der Waals surface area contributed by atoms with Crippen LogP contribution in [0.2, 0.25) is 0 Å². The van der Waals surface area contributed by atoms with E-state index in [0.717, 1.165) is 17.1 Å². The number of methoxy groups -OCH3 is 1. The number of nitrogens with zero attached hydrogens (tertiary/aromatic N) is 3. The van der Waals surface area contributed by atoms with Crippen molar-refractivity contribution in [2.24, 2.45) is 0 Å². The van der Waals surface area contributed by atoms with Crippen molar-refractivity contribution in [1.29, 1.82) is 0 Å². The van der Waals surface area contributed by atoms with E-state index >= 15 is 0 Å². The first-order valence-corrected chi connectivity index (χ1v) is 4.53. The van der Waals surface area contributed by atoms with Crippen LogP contribution in [-0.4, -0.2) is 22.1 Å². The fourth-order valence-electron chi connectivity index (χ4n) is 1.31. The maximum Gasteiger partial charge on any atom is 0.144 e. The van der Waals surface area contributed by atoms with Crippen molar-refractivity contribution in [3.63, 3.8) is 0 Å². The topological polar surface area (TPSA) is 39.9 Å². The van der Waals surface area contributed by atoms with Gasteiger partial charge in [-0.3, -0.25) is 0 Å². The zero-order valence-corrected chi connectivity index (χ0v) is 8.42. The summed E-state index contributed by atoms with van der Waals surface area (Å²) in [4.78, 5) is 0. The van der Waals surface area contributed by atoms with E-state index in [1.165, 1.54) is 0 Å². The Bertz CT molecular complexity index is 476. The average Bonchev–Trinajstić information content (AvgIpc) is 2.77. The Morgan fingerprint density at radius 2 is 2.20 bits per heavy atom. The Kier molecular flexibility index (Phi) is 2.49. The number of benzene rings is 1. The van der Waals surface area contributed by atoms with Gasteiger partial charge in [0.2, 0.25) is 0 Å². The van der Waals surface area contributed by atoms with Crippen LogP contribution in [0.15, 0.2) is 37.0 Å². The molecule has 0 aliphatic rings. The lowest BCUT2D eigenvalue weighted by molar-refractivity contribution is 0.411. The minimum Gasteiger partial charge on any atom is -0.494 e. The van der Waals surface area contributed by atoms with E-state index in [1.807, 2.05) is 24.3 Å². The van der Waals surface area contributed by atoms with Crippen LogP contribution in [0.1, 0.15) is 5.69 Å². The number of rotatable bonds is 3. The lowest BCUT2D eigenvalue weighted by atomic mass is 10.3. The van der Waals surface area contributed by atoms with E-state index in [1.54, 1.807) is 24.1 Å². The standard InChI is InChI=1S/C11H11N3O/c1-3-9-8-14(13-12-9)10-6-4-5-7-11(10)15-2/h3-8H,1H2,2H3. The fraction of sp³-hybridized carbons (Fsp3) is 0.0909. The summed E-state index contributed by atoms with van der Waals surface area (Å²) in [6.45, 7) is 3.63. The van der Waals surface area contributed by atoms with Crippen LogP contribution in [0, 0.1) is 0 Å². The quantitative estimate of drug-likeness (QED) is 0.761. The molecule has 1 heterocycles. The van der Waals surface area contributed by atoms with E-state index in [2.05, 4.69) is 16.9 Å². The molecule has 0 unspecified atom stereocenters. The van der Waals surface area contributed by atoms with Crippen LogP contribution in [-0.2, 0) is 0 Å². The van der Waals surface area contributed by atoms with Crippen LogP contribution in [0.25, 0.3) is 11.8 Å². The smallest absolute Gasteiger partial charge is 0.144 e. The van der Waals surface area contributed by atoms with Gasteiger partial charge in [0.1, 0.15) is 17.1 Å². The highest BCUT2D eigenvalue weighted by molar-refractivity contribution is 5.47. The second-order valence-electron chi connectivity index (χ2n) is 2.96. The molecule has 0 aliphatic heterocycles. The molecule has 0 amide bonds. The van der Waals surface area contributed by atoms with Crippen molar-refractivity contribution in [1.82, 2.24) is 15.0 Å². The molecule has 0 fully saturated rings. The molecule has 1 aromatic carbocycles. The molecule has 0 radical (unpaired) electrons. The molecule has 76 valence electrons. The van der Waals surface area contributed by atoms with Crippen molar-refractivity contribution in [3.05, 3.63) is 42.7 Å². The number of hydrogen-bond acceptors (Lipinski definition) is 3. The summed E-state index contributed by atoms with van der Waals surface area (Å²) in [5, 5.41) is 7.91. The predicted molar refractivity (Wildman–Crippen MR) is 58.0 cm³/mol. The number of aromatic nitrogens is 3. The van der Waals surface area contributed by atoms with Crippen LogP contribution < -0.4 is 4.74 Å². The van der Waals surface area contributed by atoms with Crippen LogP contribution in [0.5, 0.6) is 5.75 Å². The highest BCUT2D eigenvalue weighted by Crippen LogP contribution is 2.20. The Morgan fingerprint density at radius 3 is 2.87 bits per heavy atom. The lowest BCUT2D eigenvalue weighted by Crippen LogP contribution is -1.98. The second kappa shape index (κ2) is 3.96. The highest BCUT2D eigenvalue weighted by atomic mass is 16.5. The molecular weight excluding hydrogens is 190 g/mol. The summed E-state index contributed by atoms with van der Waals surface area (Å²) in [7, 11) is 1.63. The summed E-state index contributed by atoms with van der Waals surface area (Å²) in [6, 6.07) is 7.63. The minimum atomic E-state index is 0.737. The molecular formula is C11H11N3O. The summed E-state index contributed by atoms with van der Waals surface area (Å²) in [5.74, 6) is 0.762. The second-order valence-corrected chi connectivity index (χ2v) is 2.96. The zero-order chi connectivity index (χ0) is 10.7. The molecule has 0 spiro atoms. The Hall–Kier alpha value is -2.10. The molecule has 0 bridgehead atoms. The van der Waals surface area contributed by atoms with E-state index in [4.69, 9.17) is 4.74 Å². The number of hydrogen-bond donors (Lipinski definition) is 0. The van der Waals surface area contributed by atoms with E-state index < -0.39 is 0 Å². The Balaban J connectivity index is 2.48. The highest BCUT2D eigenvalue weighted by Gasteiger charge is 2.05. The van der Waals surface area contributed by atoms with Gasteiger partial charge in [-0.25, -0.2) is 4.68 Å². The largest absolute Gasteiger partial charge is 0.494 e. The zero-order valence-electron chi connectivity index (χ0n) is 8.42. The van der Waals surface area contributed by atoms with E-state index in [-0.39, 0.29) is 0 Å². The Morgan fingerprint density at radius 1 is 1.40 bits per heavy atom. The number of ether oxygens (including phenoxy) is 1. The van der Waals surface area contributed by atoms with Gasteiger partial charge in [0.05, 0.1) is 13.3 Å². The first kappa shape index (κ1) is 9.45. The van der Waals surface area contributed by atoms with E-state index in [0.29, 0.717) is 0 Å². The molecule has 0 atom stereocenters. The van der Waals surface area contributed by atoms with Crippen LogP contribution >= 0.6 is 0 Å². The molecule has 4 heteroatoms. The first-order chi connectivity index (χ1) is 7.35. The van der Waals surface area contributed by atoms with Crippen LogP contribution in [0.3, 0.4) is 0 Å². The van der Waals surface area contributed by atoms with Gasteiger partial charge < -0.3 is 4.74 Å². The van der Waals surface area contributed by atoms with Crippen LogP contribution in [0.4, 0.5) is 0 Å². The monoisotopic (exact) mass is 201 g/mol. The molecule has 0 saturated carbocycles. The SMILES string of the molecule is C=Cc1cn(-c2ccccc2OC)nn1. The molecule has 0 aliphatic carbocycles. The van der Waals surface area contributed by atoms with Gasteiger partial charge >= 0.3 is 0 Å². The predicted octanol–water partition coefficient (Wildman–Crippen LogP) is 1.92. The van der Waals surface area contributed by atoms with Gasteiger partial charge in [0, 0.05) is 0 Å². The van der Waals surface area contributed by atoms with Gasteiger partial charge in [-0.2, -0.15) is 0 Å². The van der Waals surface area contributed by atoms with Crippen molar-refractivity contribution in [3.8, 4) is 11.4 Å². The summed E-state index contributed by atoms with van der Waals surface area (Å²) in [5.41, 5.74) is 1.60. The molecule has 4 nitrogen and oxygen atoms in total. The lowest BCUT2D eigenvalue weighted by Gasteiger charge is -2.06. The molecule has 0 N–H and O–H groups in total. The third-order valence-corrected chi connectivity index (χ3v) is 2.05. The van der Waals surface area contributed by atoms with Crippen molar-refractivity contribution < 1.29 is 4.74 Å². The number of para-hydroxylation sites is 2. The third-order valence-electron chi connectivity index (χ3n) is 2.05. The molecule has 1 aromatic heterocycles. The summed E-state index contributed by atoms with van der Waals surface area (Å²) >= 11 is 0. The average molecular weight is 201 g/mol. The van der Waals surface area contributed by atoms with Crippen molar-refractivity contribution >= 4 is 6.08 Å². The maximum absolute atomic E-state index is 5.23. The molecule has 2 rings (SSSR count). The maximum atomic E-state index is 5.23. The molecule has 15 heavy (non-hydrogen) atoms. The van der Waals surface area contributed by atoms with Gasteiger partial charge in [-0.1, -0.05) is 23.9 Å². The normalized spacial score (nSPS) is 9.93. The fourth-order valence-corrected chi connectivity index (χ4v) is 1.31. The molecule has 2 aromatic rings. The van der Waals surface area contributed by atoms with E-state index in [9.17, 15) is 0 Å². The van der Waals surface area contributed by atoms with Gasteiger partial charge in [-0.15, -0.1) is 5.10 Å². The summed E-state index contributed by atoms with van der Waals surface area (Å²) < 4.78 is 6.89.